The molecule has 0 spiro atoms. The topological polar surface area (TPSA) is 72.9 Å². The van der Waals surface area contributed by atoms with Crippen LogP contribution in [-0.4, -0.2) is 87.0 Å². The van der Waals surface area contributed by atoms with Gasteiger partial charge in [0.15, 0.2) is 0 Å². The predicted octanol–water partition coefficient (Wildman–Crippen LogP) is 1.36. The number of hydrogen-bond acceptors (Lipinski definition) is 7. The minimum absolute atomic E-state index is 0.367. The Morgan fingerprint density at radius 3 is 1.93 bits per heavy atom. The standard InChI is InChI=1S/C21H30N6O2S/c1-17-5-4-6-19(15-17)30(28,29)27-13-11-26(12-14-27)21-16-20(22-18(2)23-21)25-9-7-24(3)8-10-25/h4-6,15-16H,7-14H2,1-3H3. The van der Waals surface area contributed by atoms with Gasteiger partial charge in [-0.15, -0.1) is 0 Å². The summed E-state index contributed by atoms with van der Waals surface area (Å²) < 4.78 is 27.6. The highest BCUT2D eigenvalue weighted by Gasteiger charge is 2.29. The van der Waals surface area contributed by atoms with E-state index in [0.717, 1.165) is 49.2 Å². The molecule has 3 heterocycles. The summed E-state index contributed by atoms with van der Waals surface area (Å²) in [5.74, 6) is 2.58. The SMILES string of the molecule is Cc1cccc(S(=O)(=O)N2CCN(c3cc(N4CCN(C)CC4)nc(C)n3)CC2)c1. The fraction of sp³-hybridized carbons (Fsp3) is 0.524. The van der Waals surface area contributed by atoms with E-state index in [9.17, 15) is 8.42 Å². The largest absolute Gasteiger partial charge is 0.354 e. The maximum atomic E-state index is 13.0. The molecule has 0 N–H and O–H groups in total. The van der Waals surface area contributed by atoms with Gasteiger partial charge in [0, 0.05) is 58.4 Å². The van der Waals surface area contributed by atoms with Gasteiger partial charge >= 0.3 is 0 Å². The van der Waals surface area contributed by atoms with Gasteiger partial charge in [0.05, 0.1) is 4.90 Å². The van der Waals surface area contributed by atoms with Crippen molar-refractivity contribution >= 4 is 21.7 Å². The molecule has 0 saturated carbocycles. The van der Waals surface area contributed by atoms with E-state index in [0.29, 0.717) is 31.1 Å². The van der Waals surface area contributed by atoms with E-state index < -0.39 is 10.0 Å². The highest BCUT2D eigenvalue weighted by molar-refractivity contribution is 7.89. The summed E-state index contributed by atoms with van der Waals surface area (Å²) in [7, 11) is -1.33. The molecule has 8 nitrogen and oxygen atoms in total. The maximum absolute atomic E-state index is 13.0. The minimum atomic E-state index is -3.47. The molecule has 2 aromatic rings. The van der Waals surface area contributed by atoms with Crippen LogP contribution in [0.1, 0.15) is 11.4 Å². The Balaban J connectivity index is 1.46. The molecule has 4 rings (SSSR count). The molecule has 1 aromatic carbocycles. The lowest BCUT2D eigenvalue weighted by Crippen LogP contribution is -2.49. The number of nitrogens with zero attached hydrogens (tertiary/aromatic N) is 6. The van der Waals surface area contributed by atoms with Crippen LogP contribution in [0.4, 0.5) is 11.6 Å². The lowest BCUT2D eigenvalue weighted by atomic mass is 10.2. The van der Waals surface area contributed by atoms with E-state index in [2.05, 4.69) is 31.7 Å². The number of rotatable bonds is 4. The van der Waals surface area contributed by atoms with Crippen molar-refractivity contribution in [2.75, 3.05) is 69.2 Å². The van der Waals surface area contributed by atoms with Crippen molar-refractivity contribution < 1.29 is 8.42 Å². The van der Waals surface area contributed by atoms with Crippen LogP contribution in [0.25, 0.3) is 0 Å². The monoisotopic (exact) mass is 430 g/mol. The first-order chi connectivity index (χ1) is 14.3. The number of likely N-dealkylation sites (N-methyl/N-ethyl adjacent to an activating group) is 1. The molecule has 2 fully saturated rings. The minimum Gasteiger partial charge on any atom is -0.354 e. The summed E-state index contributed by atoms with van der Waals surface area (Å²) in [6.07, 6.45) is 0. The Morgan fingerprint density at radius 2 is 1.37 bits per heavy atom. The second kappa shape index (κ2) is 8.49. The Bertz CT molecular complexity index is 996. The lowest BCUT2D eigenvalue weighted by Gasteiger charge is -2.36. The smallest absolute Gasteiger partial charge is 0.243 e. The molecule has 2 aliphatic rings. The summed E-state index contributed by atoms with van der Waals surface area (Å²) in [6, 6.07) is 9.15. The van der Waals surface area contributed by atoms with Gasteiger partial charge in [-0.2, -0.15) is 4.31 Å². The van der Waals surface area contributed by atoms with E-state index in [1.54, 1.807) is 22.5 Å². The molecule has 0 unspecified atom stereocenters. The Hall–Kier alpha value is -2.23. The Labute approximate surface area is 179 Å². The van der Waals surface area contributed by atoms with E-state index in [4.69, 9.17) is 0 Å². The molecule has 2 saturated heterocycles. The second-order valence-corrected chi connectivity index (χ2v) is 10.1. The van der Waals surface area contributed by atoms with Crippen molar-refractivity contribution in [1.29, 1.82) is 0 Å². The van der Waals surface area contributed by atoms with Crippen molar-refractivity contribution in [3.63, 3.8) is 0 Å². The van der Waals surface area contributed by atoms with Crippen LogP contribution in [0.3, 0.4) is 0 Å². The number of aryl methyl sites for hydroxylation is 2. The first-order valence-corrected chi connectivity index (χ1v) is 11.9. The molecular formula is C21H30N6O2S. The number of piperazine rings is 2. The molecule has 0 atom stereocenters. The normalized spacial score (nSPS) is 19.3. The third-order valence-corrected chi connectivity index (χ3v) is 7.72. The molecule has 30 heavy (non-hydrogen) atoms. The molecule has 1 aromatic heterocycles. The lowest BCUT2D eigenvalue weighted by molar-refractivity contribution is 0.312. The number of aromatic nitrogens is 2. The van der Waals surface area contributed by atoms with Gasteiger partial charge in [0.2, 0.25) is 10.0 Å². The van der Waals surface area contributed by atoms with E-state index in [1.165, 1.54) is 0 Å². The van der Waals surface area contributed by atoms with Crippen LogP contribution in [0.5, 0.6) is 0 Å². The average molecular weight is 431 g/mol. The average Bonchev–Trinajstić information content (AvgIpc) is 2.74. The molecule has 162 valence electrons. The zero-order chi connectivity index (χ0) is 21.3. The molecule has 0 radical (unpaired) electrons. The van der Waals surface area contributed by atoms with Crippen molar-refractivity contribution in [3.8, 4) is 0 Å². The second-order valence-electron chi connectivity index (χ2n) is 8.13. The summed E-state index contributed by atoms with van der Waals surface area (Å²) in [6.45, 7) is 9.90. The van der Waals surface area contributed by atoms with E-state index in [1.807, 2.05) is 26.0 Å². The third-order valence-electron chi connectivity index (χ3n) is 5.83. The molecular weight excluding hydrogens is 400 g/mol. The van der Waals surface area contributed by atoms with Gasteiger partial charge in [-0.05, 0) is 38.6 Å². The quantitative estimate of drug-likeness (QED) is 0.725. The summed E-state index contributed by atoms with van der Waals surface area (Å²) >= 11 is 0. The van der Waals surface area contributed by atoms with Crippen molar-refractivity contribution in [3.05, 3.63) is 41.7 Å². The highest BCUT2D eigenvalue weighted by Crippen LogP contribution is 2.24. The molecule has 0 amide bonds. The fourth-order valence-corrected chi connectivity index (χ4v) is 5.51. The molecule has 0 bridgehead atoms. The third kappa shape index (κ3) is 4.43. The zero-order valence-electron chi connectivity index (χ0n) is 18.0. The first-order valence-electron chi connectivity index (χ1n) is 10.4. The number of hydrogen-bond donors (Lipinski definition) is 0. The van der Waals surface area contributed by atoms with Crippen LogP contribution in [0.2, 0.25) is 0 Å². The van der Waals surface area contributed by atoms with Crippen molar-refractivity contribution in [1.82, 2.24) is 19.2 Å². The van der Waals surface area contributed by atoms with Crippen molar-refractivity contribution in [2.45, 2.75) is 18.7 Å². The van der Waals surface area contributed by atoms with Gasteiger partial charge in [-0.1, -0.05) is 12.1 Å². The maximum Gasteiger partial charge on any atom is 0.243 e. The fourth-order valence-electron chi connectivity index (χ4n) is 3.98. The van der Waals surface area contributed by atoms with Gasteiger partial charge in [-0.25, -0.2) is 18.4 Å². The Morgan fingerprint density at radius 1 is 0.800 bits per heavy atom. The van der Waals surface area contributed by atoms with Crippen LogP contribution in [0, 0.1) is 13.8 Å². The van der Waals surface area contributed by atoms with Crippen molar-refractivity contribution in [2.24, 2.45) is 0 Å². The zero-order valence-corrected chi connectivity index (χ0v) is 18.8. The van der Waals surface area contributed by atoms with Gasteiger partial charge in [0.25, 0.3) is 0 Å². The predicted molar refractivity (Wildman–Crippen MR) is 119 cm³/mol. The molecule has 2 aliphatic heterocycles. The Kier molecular flexibility index (Phi) is 5.95. The number of benzene rings is 1. The number of anilines is 2. The van der Waals surface area contributed by atoms with Gasteiger partial charge in [0.1, 0.15) is 17.5 Å². The first kappa shape index (κ1) is 21.0. The van der Waals surface area contributed by atoms with Crippen LogP contribution < -0.4 is 9.80 Å². The van der Waals surface area contributed by atoms with Gasteiger partial charge in [-0.3, -0.25) is 0 Å². The van der Waals surface area contributed by atoms with Crippen LogP contribution in [0.15, 0.2) is 35.2 Å². The summed E-state index contributed by atoms with van der Waals surface area (Å²) in [5, 5.41) is 0. The summed E-state index contributed by atoms with van der Waals surface area (Å²) in [4.78, 5) is 16.4. The van der Waals surface area contributed by atoms with E-state index >= 15 is 0 Å². The molecule has 9 heteroatoms. The number of sulfonamides is 1. The van der Waals surface area contributed by atoms with E-state index in [-0.39, 0.29) is 0 Å². The highest BCUT2D eigenvalue weighted by atomic mass is 32.2. The molecule has 0 aliphatic carbocycles. The summed E-state index contributed by atoms with van der Waals surface area (Å²) in [5.41, 5.74) is 0.947. The van der Waals surface area contributed by atoms with Crippen LogP contribution in [-0.2, 0) is 10.0 Å². The van der Waals surface area contributed by atoms with Gasteiger partial charge < -0.3 is 14.7 Å². The van der Waals surface area contributed by atoms with Crippen LogP contribution >= 0.6 is 0 Å².